The Morgan fingerprint density at radius 2 is 1.94 bits per heavy atom. The number of nitrogens with zero attached hydrogens (tertiary/aromatic N) is 1. The quantitative estimate of drug-likeness (QED) is 0.345. The number of carbonyl (C=O) groups excluding carboxylic acids is 2. The van der Waals surface area contributed by atoms with Gasteiger partial charge in [-0.1, -0.05) is 35.5 Å². The maximum atomic E-state index is 11.8. The minimum absolute atomic E-state index is 0.0264. The zero-order chi connectivity index (χ0) is 13.1. The fraction of sp³-hybridized carbons (Fsp3) is 0.0833. The molecule has 0 aromatic heterocycles. The van der Waals surface area contributed by atoms with Crippen molar-refractivity contribution < 1.29 is 19.5 Å². The fourth-order valence-corrected chi connectivity index (χ4v) is 1.66. The fourth-order valence-electron chi connectivity index (χ4n) is 1.66. The smallest absolute Gasteiger partial charge is 0.282 e. The van der Waals surface area contributed by atoms with Gasteiger partial charge in [-0.2, -0.15) is 0 Å². The highest BCUT2D eigenvalue weighted by molar-refractivity contribution is 6.73. The second-order valence-corrected chi connectivity index (χ2v) is 3.51. The highest BCUT2D eigenvalue weighted by Gasteiger charge is 2.36. The van der Waals surface area contributed by atoms with E-state index in [0.29, 0.717) is 5.56 Å². The topological polar surface area (TPSA) is 88.0 Å². The summed E-state index contributed by atoms with van der Waals surface area (Å²) in [7, 11) is 1.39. The van der Waals surface area contributed by atoms with Gasteiger partial charge in [0.15, 0.2) is 5.76 Å². The van der Waals surface area contributed by atoms with Crippen LogP contribution >= 0.6 is 0 Å². The van der Waals surface area contributed by atoms with Gasteiger partial charge in [0.25, 0.3) is 5.91 Å². The number of oxime groups is 1. The van der Waals surface area contributed by atoms with Gasteiger partial charge < -0.3 is 15.3 Å². The van der Waals surface area contributed by atoms with Crippen molar-refractivity contribution in [1.29, 1.82) is 0 Å². The second kappa shape index (κ2) is 4.70. The van der Waals surface area contributed by atoms with Crippen molar-refractivity contribution >= 4 is 23.2 Å². The number of benzene rings is 1. The zero-order valence-corrected chi connectivity index (χ0v) is 9.51. The Bertz CT molecular complexity index is 561. The molecule has 2 rings (SSSR count). The Hall–Kier alpha value is -2.63. The molecule has 1 amide bonds. The zero-order valence-electron chi connectivity index (χ0n) is 9.51. The third-order valence-corrected chi connectivity index (χ3v) is 2.46. The van der Waals surface area contributed by atoms with Gasteiger partial charge in [0, 0.05) is 5.56 Å². The molecule has 92 valence electrons. The van der Waals surface area contributed by atoms with Crippen LogP contribution in [-0.4, -0.2) is 29.7 Å². The molecule has 2 N–H and O–H groups in total. The summed E-state index contributed by atoms with van der Waals surface area (Å²) in [4.78, 5) is 23.2. The van der Waals surface area contributed by atoms with Crippen LogP contribution in [0, 0.1) is 0 Å². The third kappa shape index (κ3) is 1.84. The van der Waals surface area contributed by atoms with E-state index in [2.05, 4.69) is 10.5 Å². The summed E-state index contributed by atoms with van der Waals surface area (Å²) >= 11 is 0. The first-order valence-electron chi connectivity index (χ1n) is 5.10. The van der Waals surface area contributed by atoms with E-state index in [-0.39, 0.29) is 11.5 Å². The summed E-state index contributed by atoms with van der Waals surface area (Å²) in [5.41, 5.74) is 0.0693. The Balaban J connectivity index is 2.53. The standard InChI is InChI=1S/C12H10N2O4/c1-18-11(7-5-3-2-4-6-7)8-10(15)9(14-17)12(16)13-8/h2-6,17H,1H3,(H,13,16). The highest BCUT2D eigenvalue weighted by Crippen LogP contribution is 2.21. The van der Waals surface area contributed by atoms with Crippen LogP contribution in [0.4, 0.5) is 0 Å². The summed E-state index contributed by atoms with van der Waals surface area (Å²) in [6.07, 6.45) is 0. The van der Waals surface area contributed by atoms with Gasteiger partial charge in [-0.15, -0.1) is 0 Å². The van der Waals surface area contributed by atoms with E-state index in [1.165, 1.54) is 7.11 Å². The van der Waals surface area contributed by atoms with Crippen molar-refractivity contribution in [3.63, 3.8) is 0 Å². The van der Waals surface area contributed by atoms with Gasteiger partial charge in [-0.05, 0) is 0 Å². The molecule has 0 unspecified atom stereocenters. The lowest BCUT2D eigenvalue weighted by Gasteiger charge is -2.08. The van der Waals surface area contributed by atoms with Crippen molar-refractivity contribution in [2.45, 2.75) is 0 Å². The second-order valence-electron chi connectivity index (χ2n) is 3.51. The molecular formula is C12H10N2O4. The first-order chi connectivity index (χ1) is 8.69. The van der Waals surface area contributed by atoms with Crippen molar-refractivity contribution in [2.24, 2.45) is 5.16 Å². The van der Waals surface area contributed by atoms with Gasteiger partial charge in [0.05, 0.1) is 7.11 Å². The van der Waals surface area contributed by atoms with Crippen LogP contribution in [-0.2, 0) is 14.3 Å². The molecule has 1 saturated heterocycles. The van der Waals surface area contributed by atoms with E-state index in [9.17, 15) is 9.59 Å². The van der Waals surface area contributed by atoms with Crippen LogP contribution in [0.1, 0.15) is 5.56 Å². The van der Waals surface area contributed by atoms with Crippen LogP contribution < -0.4 is 5.32 Å². The predicted molar refractivity (Wildman–Crippen MR) is 62.7 cm³/mol. The van der Waals surface area contributed by atoms with E-state index in [1.54, 1.807) is 24.3 Å². The van der Waals surface area contributed by atoms with Gasteiger partial charge in [0.1, 0.15) is 5.70 Å². The molecule has 18 heavy (non-hydrogen) atoms. The minimum atomic E-state index is -0.747. The molecule has 1 aliphatic rings. The molecule has 1 aliphatic heterocycles. The molecule has 0 radical (unpaired) electrons. The number of ether oxygens (including phenoxy) is 1. The SMILES string of the molecule is COC(=C1NC(=O)C(=NO)C1=O)c1ccccc1. The number of amides is 1. The molecule has 1 aromatic carbocycles. The number of rotatable bonds is 2. The van der Waals surface area contributed by atoms with Crippen LogP contribution in [0.3, 0.4) is 0 Å². The van der Waals surface area contributed by atoms with E-state index >= 15 is 0 Å². The number of nitrogens with one attached hydrogen (secondary N) is 1. The van der Waals surface area contributed by atoms with Gasteiger partial charge in [-0.25, -0.2) is 0 Å². The summed E-state index contributed by atoms with van der Waals surface area (Å²) in [6.45, 7) is 0. The predicted octanol–water partition coefficient (Wildman–Crippen LogP) is 0.531. The summed E-state index contributed by atoms with van der Waals surface area (Å²) in [6, 6.07) is 8.84. The molecule has 0 atom stereocenters. The van der Waals surface area contributed by atoms with Crippen LogP contribution in [0.2, 0.25) is 0 Å². The third-order valence-electron chi connectivity index (χ3n) is 2.46. The molecule has 1 aromatic rings. The molecular weight excluding hydrogens is 236 g/mol. The molecule has 6 nitrogen and oxygen atoms in total. The average molecular weight is 246 g/mol. The van der Waals surface area contributed by atoms with Crippen molar-refractivity contribution in [2.75, 3.05) is 7.11 Å². The lowest BCUT2D eigenvalue weighted by atomic mass is 10.1. The van der Waals surface area contributed by atoms with E-state index in [4.69, 9.17) is 9.94 Å². The summed E-state index contributed by atoms with van der Waals surface area (Å²) in [5.74, 6) is -1.21. The lowest BCUT2D eigenvalue weighted by Crippen LogP contribution is -2.19. The molecule has 0 saturated carbocycles. The largest absolute Gasteiger partial charge is 0.494 e. The Kier molecular flexibility index (Phi) is 3.09. The summed E-state index contributed by atoms with van der Waals surface area (Å²) in [5, 5.41) is 13.6. The van der Waals surface area contributed by atoms with E-state index in [0.717, 1.165) is 0 Å². The lowest BCUT2D eigenvalue weighted by molar-refractivity contribution is -0.113. The van der Waals surface area contributed by atoms with Gasteiger partial charge in [-0.3, -0.25) is 9.59 Å². The number of hydrogen-bond acceptors (Lipinski definition) is 5. The highest BCUT2D eigenvalue weighted by atomic mass is 16.5. The van der Waals surface area contributed by atoms with Gasteiger partial charge in [0.2, 0.25) is 11.5 Å². The monoisotopic (exact) mass is 246 g/mol. The Morgan fingerprint density at radius 3 is 2.44 bits per heavy atom. The van der Waals surface area contributed by atoms with Crippen molar-refractivity contribution in [1.82, 2.24) is 5.32 Å². The normalized spacial score (nSPS) is 19.9. The number of Topliss-reactive ketones (excluding diaryl/α,β-unsaturated/α-hetero) is 1. The maximum Gasteiger partial charge on any atom is 0.282 e. The average Bonchev–Trinajstić information content (AvgIpc) is 2.67. The minimum Gasteiger partial charge on any atom is -0.494 e. The number of methoxy groups -OCH3 is 1. The number of carbonyl (C=O) groups is 2. The molecule has 6 heteroatoms. The summed E-state index contributed by atoms with van der Waals surface area (Å²) < 4.78 is 5.14. The molecule has 1 fully saturated rings. The van der Waals surface area contributed by atoms with Crippen LogP contribution in [0.25, 0.3) is 5.76 Å². The molecule has 1 heterocycles. The molecule has 0 aliphatic carbocycles. The van der Waals surface area contributed by atoms with Gasteiger partial charge >= 0.3 is 0 Å². The van der Waals surface area contributed by atoms with Crippen LogP contribution in [0.15, 0.2) is 41.2 Å². The molecule has 0 spiro atoms. The first kappa shape index (κ1) is 11.8. The number of ketones is 1. The van der Waals surface area contributed by atoms with Crippen molar-refractivity contribution in [3.8, 4) is 0 Å². The van der Waals surface area contributed by atoms with Crippen molar-refractivity contribution in [3.05, 3.63) is 41.6 Å². The Morgan fingerprint density at radius 1 is 1.28 bits per heavy atom. The maximum absolute atomic E-state index is 11.8. The number of allylic oxidation sites excluding steroid dienone is 1. The van der Waals surface area contributed by atoms with E-state index in [1.807, 2.05) is 6.07 Å². The first-order valence-corrected chi connectivity index (χ1v) is 5.10. The van der Waals surface area contributed by atoms with Crippen LogP contribution in [0.5, 0.6) is 0 Å². The van der Waals surface area contributed by atoms with E-state index < -0.39 is 17.4 Å². The number of hydrogen-bond donors (Lipinski definition) is 2. The Labute approximate surface area is 103 Å². The molecule has 0 bridgehead atoms.